The molecule has 26 heavy (non-hydrogen) atoms. The Balaban J connectivity index is 1.49. The maximum Gasteiger partial charge on any atom is 0.289 e. The Morgan fingerprint density at radius 2 is 1.88 bits per heavy atom. The highest BCUT2D eigenvalue weighted by Crippen LogP contribution is 2.27. The molecule has 2 heterocycles. The standard InChI is InChI=1S/C18H17N3O3S2/c1-11-6-12(2)8-13(7-11)24-9-16(22)20-21-17(23)14-10-26-18(19-14)15-4-3-5-25-15/h3-8,10H,9H2,1-2H3,(H,20,22)(H,21,23). The van der Waals surface area contributed by atoms with Crippen LogP contribution in [0.25, 0.3) is 9.88 Å². The van der Waals surface area contributed by atoms with E-state index in [1.54, 1.807) is 16.7 Å². The summed E-state index contributed by atoms with van der Waals surface area (Å²) in [4.78, 5) is 29.2. The van der Waals surface area contributed by atoms with Crippen LogP contribution in [-0.2, 0) is 4.79 Å². The third kappa shape index (κ3) is 4.68. The third-order valence-electron chi connectivity index (χ3n) is 3.35. The molecule has 0 saturated carbocycles. The third-order valence-corrected chi connectivity index (χ3v) is 5.23. The summed E-state index contributed by atoms with van der Waals surface area (Å²) in [6, 6.07) is 9.58. The largest absolute Gasteiger partial charge is 0.484 e. The van der Waals surface area contributed by atoms with Crippen molar-refractivity contribution in [1.29, 1.82) is 0 Å². The highest BCUT2D eigenvalue weighted by molar-refractivity contribution is 7.20. The molecule has 0 atom stereocenters. The fourth-order valence-corrected chi connectivity index (χ4v) is 3.90. The van der Waals surface area contributed by atoms with Crippen LogP contribution in [0.15, 0.2) is 41.1 Å². The molecular formula is C18H17N3O3S2. The van der Waals surface area contributed by atoms with E-state index in [-0.39, 0.29) is 12.3 Å². The number of aromatic nitrogens is 1. The number of thiophene rings is 1. The number of hydrogen-bond donors (Lipinski definition) is 2. The molecule has 2 amide bonds. The first-order chi connectivity index (χ1) is 12.5. The number of hydrogen-bond acceptors (Lipinski definition) is 6. The van der Waals surface area contributed by atoms with E-state index in [0.29, 0.717) is 5.75 Å². The van der Waals surface area contributed by atoms with E-state index in [2.05, 4.69) is 15.8 Å². The van der Waals surface area contributed by atoms with Crippen molar-refractivity contribution < 1.29 is 14.3 Å². The lowest BCUT2D eigenvalue weighted by Crippen LogP contribution is -2.43. The van der Waals surface area contributed by atoms with E-state index in [9.17, 15) is 9.59 Å². The van der Waals surface area contributed by atoms with Crippen LogP contribution >= 0.6 is 22.7 Å². The molecule has 0 bridgehead atoms. The number of carbonyl (C=O) groups excluding carboxylic acids is 2. The van der Waals surface area contributed by atoms with Gasteiger partial charge in [-0.3, -0.25) is 20.4 Å². The van der Waals surface area contributed by atoms with Crippen molar-refractivity contribution in [3.63, 3.8) is 0 Å². The average molecular weight is 387 g/mol. The smallest absolute Gasteiger partial charge is 0.289 e. The Kier molecular flexibility index (Phi) is 5.65. The fourth-order valence-electron chi connectivity index (χ4n) is 2.28. The Labute approximate surface area is 158 Å². The Hall–Kier alpha value is -2.71. The molecule has 134 valence electrons. The summed E-state index contributed by atoms with van der Waals surface area (Å²) in [7, 11) is 0. The zero-order chi connectivity index (χ0) is 18.5. The lowest BCUT2D eigenvalue weighted by molar-refractivity contribution is -0.123. The fraction of sp³-hybridized carbons (Fsp3) is 0.167. The molecule has 6 nitrogen and oxygen atoms in total. The van der Waals surface area contributed by atoms with Crippen LogP contribution in [0.3, 0.4) is 0 Å². The first kappa shape index (κ1) is 18.1. The first-order valence-corrected chi connectivity index (χ1v) is 9.57. The van der Waals surface area contributed by atoms with Gasteiger partial charge in [-0.25, -0.2) is 4.98 Å². The SMILES string of the molecule is Cc1cc(C)cc(OCC(=O)NNC(=O)c2csc(-c3cccs3)n2)c1. The monoisotopic (exact) mass is 387 g/mol. The predicted octanol–water partition coefficient (Wildman–Crippen LogP) is 3.33. The van der Waals surface area contributed by atoms with Crippen LogP contribution in [0.4, 0.5) is 0 Å². The molecule has 0 radical (unpaired) electrons. The van der Waals surface area contributed by atoms with Gasteiger partial charge in [0.15, 0.2) is 6.61 Å². The number of hydrazine groups is 1. The summed E-state index contributed by atoms with van der Waals surface area (Å²) >= 11 is 2.94. The molecule has 3 rings (SSSR count). The topological polar surface area (TPSA) is 80.3 Å². The number of nitrogens with zero attached hydrogens (tertiary/aromatic N) is 1. The highest BCUT2D eigenvalue weighted by atomic mass is 32.1. The van der Waals surface area contributed by atoms with E-state index >= 15 is 0 Å². The van der Waals surface area contributed by atoms with Crippen molar-refractivity contribution in [2.75, 3.05) is 6.61 Å². The van der Waals surface area contributed by atoms with Crippen molar-refractivity contribution in [2.45, 2.75) is 13.8 Å². The van der Waals surface area contributed by atoms with Gasteiger partial charge in [-0.05, 0) is 48.6 Å². The molecule has 0 saturated heterocycles. The van der Waals surface area contributed by atoms with Crippen LogP contribution in [0, 0.1) is 13.8 Å². The summed E-state index contributed by atoms with van der Waals surface area (Å²) in [5.74, 6) is -0.306. The maximum atomic E-state index is 12.1. The van der Waals surface area contributed by atoms with Gasteiger partial charge >= 0.3 is 0 Å². The first-order valence-electron chi connectivity index (χ1n) is 7.81. The summed E-state index contributed by atoms with van der Waals surface area (Å²) in [5, 5.41) is 4.38. The minimum atomic E-state index is -0.469. The summed E-state index contributed by atoms with van der Waals surface area (Å²) < 4.78 is 5.44. The zero-order valence-corrected chi connectivity index (χ0v) is 15.9. The lowest BCUT2D eigenvalue weighted by atomic mass is 10.1. The van der Waals surface area contributed by atoms with Crippen LogP contribution < -0.4 is 15.6 Å². The van der Waals surface area contributed by atoms with E-state index in [0.717, 1.165) is 21.0 Å². The second-order valence-electron chi connectivity index (χ2n) is 5.63. The van der Waals surface area contributed by atoms with Crippen molar-refractivity contribution in [2.24, 2.45) is 0 Å². The van der Waals surface area contributed by atoms with Gasteiger partial charge in [0, 0.05) is 5.38 Å². The molecule has 0 unspecified atom stereocenters. The highest BCUT2D eigenvalue weighted by Gasteiger charge is 2.13. The molecule has 8 heteroatoms. The van der Waals surface area contributed by atoms with Gasteiger partial charge in [-0.2, -0.15) is 0 Å². The predicted molar refractivity (Wildman–Crippen MR) is 102 cm³/mol. The molecule has 2 N–H and O–H groups in total. The second-order valence-corrected chi connectivity index (χ2v) is 7.44. The molecule has 3 aromatic rings. The Morgan fingerprint density at radius 1 is 1.12 bits per heavy atom. The van der Waals surface area contributed by atoms with E-state index in [1.165, 1.54) is 11.3 Å². The molecular weight excluding hydrogens is 370 g/mol. The maximum absolute atomic E-state index is 12.1. The minimum Gasteiger partial charge on any atom is -0.484 e. The van der Waals surface area contributed by atoms with Crippen LogP contribution in [-0.4, -0.2) is 23.4 Å². The number of aryl methyl sites for hydroxylation is 2. The molecule has 0 spiro atoms. The number of carbonyl (C=O) groups is 2. The van der Waals surface area contributed by atoms with Crippen LogP contribution in [0.5, 0.6) is 5.75 Å². The van der Waals surface area contributed by atoms with Gasteiger partial charge in [0.1, 0.15) is 16.5 Å². The average Bonchev–Trinajstić information content (AvgIpc) is 3.27. The van der Waals surface area contributed by atoms with Gasteiger partial charge in [0.2, 0.25) is 0 Å². The zero-order valence-electron chi connectivity index (χ0n) is 14.2. The number of rotatable bonds is 5. The molecule has 1 aromatic carbocycles. The van der Waals surface area contributed by atoms with Gasteiger partial charge in [0.05, 0.1) is 4.88 Å². The second kappa shape index (κ2) is 8.11. The van der Waals surface area contributed by atoms with E-state index in [1.807, 2.05) is 49.6 Å². The number of nitrogens with one attached hydrogen (secondary N) is 2. The van der Waals surface area contributed by atoms with Gasteiger partial charge < -0.3 is 4.74 Å². The summed E-state index contributed by atoms with van der Waals surface area (Å²) in [5.41, 5.74) is 7.04. The molecule has 2 aromatic heterocycles. The lowest BCUT2D eigenvalue weighted by Gasteiger charge is -2.09. The number of ether oxygens (including phenoxy) is 1. The van der Waals surface area contributed by atoms with Crippen molar-refractivity contribution in [3.8, 4) is 15.6 Å². The Morgan fingerprint density at radius 3 is 2.58 bits per heavy atom. The summed E-state index contributed by atoms with van der Waals surface area (Å²) in [6.07, 6.45) is 0. The molecule has 0 aliphatic rings. The van der Waals surface area contributed by atoms with Gasteiger partial charge in [0.25, 0.3) is 11.8 Å². The van der Waals surface area contributed by atoms with Gasteiger partial charge in [-0.1, -0.05) is 12.1 Å². The van der Waals surface area contributed by atoms with Crippen LogP contribution in [0.1, 0.15) is 21.6 Å². The quantitative estimate of drug-likeness (QED) is 0.658. The number of benzene rings is 1. The number of amides is 2. The van der Waals surface area contributed by atoms with Gasteiger partial charge in [-0.15, -0.1) is 22.7 Å². The summed E-state index contributed by atoms with van der Waals surface area (Å²) in [6.45, 7) is 3.72. The molecule has 0 aliphatic carbocycles. The van der Waals surface area contributed by atoms with E-state index < -0.39 is 11.8 Å². The van der Waals surface area contributed by atoms with Crippen molar-refractivity contribution in [3.05, 3.63) is 57.9 Å². The number of thiazole rings is 1. The van der Waals surface area contributed by atoms with Crippen LogP contribution in [0.2, 0.25) is 0 Å². The minimum absolute atomic E-state index is 0.194. The molecule has 0 aliphatic heterocycles. The van der Waals surface area contributed by atoms with Crippen molar-refractivity contribution >= 4 is 34.5 Å². The Bertz CT molecular complexity index is 899. The normalized spacial score (nSPS) is 10.4. The molecule has 0 fully saturated rings. The van der Waals surface area contributed by atoms with E-state index in [4.69, 9.17) is 4.74 Å². The van der Waals surface area contributed by atoms with Crippen molar-refractivity contribution in [1.82, 2.24) is 15.8 Å².